The number of carbonyl (C=O) groups is 2. The highest BCUT2D eigenvalue weighted by Gasteiger charge is 2.24. The number of aldehydes is 1. The number of likely N-dealkylation sites (tertiary alicyclic amines) is 1. The molecular weight excluding hydrogens is 434 g/mol. The molecule has 2 aromatic rings. The second-order valence-corrected chi connectivity index (χ2v) is 7.99. The van der Waals surface area contributed by atoms with Crippen LogP contribution in [0, 0.1) is 0 Å². The molecule has 29 heavy (non-hydrogen) atoms. The zero-order valence-corrected chi connectivity index (χ0v) is 17.9. The van der Waals surface area contributed by atoms with Gasteiger partial charge >= 0.3 is 0 Å². The van der Waals surface area contributed by atoms with Crippen molar-refractivity contribution in [3.63, 3.8) is 0 Å². The number of halogens is 1. The number of hydrogen-bond acceptors (Lipinski definition) is 5. The van der Waals surface area contributed by atoms with Crippen LogP contribution >= 0.6 is 15.9 Å². The number of methoxy groups -OCH3 is 1. The summed E-state index contributed by atoms with van der Waals surface area (Å²) in [6, 6.07) is 9.06. The number of hydrogen-bond donors (Lipinski definition) is 1. The van der Waals surface area contributed by atoms with Crippen molar-refractivity contribution in [1.82, 2.24) is 4.90 Å². The lowest BCUT2D eigenvalue weighted by Gasteiger charge is -2.27. The van der Waals surface area contributed by atoms with Crippen molar-refractivity contribution in [2.24, 2.45) is 0 Å². The lowest BCUT2D eigenvalue weighted by molar-refractivity contribution is 0.103. The van der Waals surface area contributed by atoms with E-state index in [9.17, 15) is 14.7 Å². The third-order valence-electron chi connectivity index (χ3n) is 5.12. The summed E-state index contributed by atoms with van der Waals surface area (Å²) in [6.45, 7) is 2.26. The first-order chi connectivity index (χ1) is 14.0. The zero-order valence-electron chi connectivity index (χ0n) is 16.4. The fourth-order valence-corrected chi connectivity index (χ4v) is 3.81. The van der Waals surface area contributed by atoms with Gasteiger partial charge in [0.15, 0.2) is 12.1 Å². The maximum absolute atomic E-state index is 12.9. The summed E-state index contributed by atoms with van der Waals surface area (Å²) in [5.41, 5.74) is 1.76. The van der Waals surface area contributed by atoms with Gasteiger partial charge in [-0.25, -0.2) is 0 Å². The van der Waals surface area contributed by atoms with E-state index in [4.69, 9.17) is 4.74 Å². The van der Waals surface area contributed by atoms with Gasteiger partial charge in [0.05, 0.1) is 7.11 Å². The van der Waals surface area contributed by atoms with Gasteiger partial charge in [0.25, 0.3) is 0 Å². The summed E-state index contributed by atoms with van der Waals surface area (Å²) in [4.78, 5) is 26.7. The van der Waals surface area contributed by atoms with Crippen molar-refractivity contribution >= 4 is 34.1 Å². The molecule has 6 heteroatoms. The molecule has 1 N–H and O–H groups in total. The summed E-state index contributed by atoms with van der Waals surface area (Å²) in [5.74, 6) is -0.362. The number of nitrogens with zero attached hydrogens (tertiary/aromatic N) is 1. The first-order valence-corrected chi connectivity index (χ1v) is 10.4. The molecule has 0 atom stereocenters. The number of piperidine rings is 1. The molecule has 0 saturated carbocycles. The molecule has 0 aromatic heterocycles. The minimum atomic E-state index is -0.375. The van der Waals surface area contributed by atoms with Gasteiger partial charge in [0, 0.05) is 22.1 Å². The van der Waals surface area contributed by atoms with Gasteiger partial charge < -0.3 is 9.84 Å². The number of ketones is 1. The molecule has 1 saturated heterocycles. The SMILES string of the molecule is COc1cc(C=O)c(CN2CCCCC2)c(O)c1C(=O)/C=C/c1ccc(Br)cc1. The lowest BCUT2D eigenvalue weighted by Crippen LogP contribution is -2.29. The van der Waals surface area contributed by atoms with Crippen LogP contribution in [0.25, 0.3) is 6.08 Å². The highest BCUT2D eigenvalue weighted by molar-refractivity contribution is 9.10. The van der Waals surface area contributed by atoms with Crippen LogP contribution in [0.5, 0.6) is 11.5 Å². The Kier molecular flexibility index (Phi) is 7.23. The molecule has 0 spiro atoms. The van der Waals surface area contributed by atoms with Crippen LogP contribution in [0.4, 0.5) is 0 Å². The Hall–Kier alpha value is -2.44. The highest BCUT2D eigenvalue weighted by atomic mass is 79.9. The summed E-state index contributed by atoms with van der Waals surface area (Å²) < 4.78 is 6.26. The first-order valence-electron chi connectivity index (χ1n) is 9.62. The maximum Gasteiger partial charge on any atom is 0.193 e. The van der Waals surface area contributed by atoms with Crippen LogP contribution in [-0.4, -0.2) is 42.3 Å². The number of rotatable bonds is 7. The Morgan fingerprint density at radius 2 is 1.90 bits per heavy atom. The molecule has 0 amide bonds. The van der Waals surface area contributed by atoms with Crippen LogP contribution in [0.15, 0.2) is 40.9 Å². The van der Waals surface area contributed by atoms with E-state index < -0.39 is 0 Å². The molecule has 0 aliphatic carbocycles. The van der Waals surface area contributed by atoms with E-state index >= 15 is 0 Å². The summed E-state index contributed by atoms with van der Waals surface area (Å²) in [6.07, 6.45) is 7.17. The average molecular weight is 458 g/mol. The highest BCUT2D eigenvalue weighted by Crippen LogP contribution is 2.36. The van der Waals surface area contributed by atoms with Gasteiger partial charge in [-0.1, -0.05) is 40.6 Å². The molecule has 1 aliphatic rings. The van der Waals surface area contributed by atoms with E-state index in [-0.39, 0.29) is 22.8 Å². The fourth-order valence-electron chi connectivity index (χ4n) is 3.55. The zero-order chi connectivity index (χ0) is 20.8. The normalized spacial score (nSPS) is 14.8. The number of allylic oxidation sites excluding steroid dienone is 1. The summed E-state index contributed by atoms with van der Waals surface area (Å²) in [7, 11) is 1.42. The second kappa shape index (κ2) is 9.85. The maximum atomic E-state index is 12.9. The van der Waals surface area contributed by atoms with Gasteiger partial charge in [-0.05, 0) is 55.8 Å². The Labute approximate surface area is 179 Å². The van der Waals surface area contributed by atoms with Crippen LogP contribution in [0.1, 0.15) is 51.1 Å². The number of carbonyl (C=O) groups excluding carboxylic acids is 2. The Morgan fingerprint density at radius 1 is 1.21 bits per heavy atom. The number of aromatic hydroxyl groups is 1. The van der Waals surface area contributed by atoms with Crippen molar-refractivity contribution in [3.8, 4) is 11.5 Å². The van der Waals surface area contributed by atoms with E-state index in [0.29, 0.717) is 24.0 Å². The number of benzene rings is 2. The minimum absolute atomic E-state index is 0.0819. The number of ether oxygens (including phenoxy) is 1. The molecule has 1 aliphatic heterocycles. The van der Waals surface area contributed by atoms with Crippen molar-refractivity contribution in [3.05, 3.63) is 63.1 Å². The standard InChI is InChI=1S/C23H24BrNO4/c1-29-21-13-17(15-26)19(14-25-11-3-2-4-12-25)23(28)22(21)20(27)10-7-16-5-8-18(24)9-6-16/h5-10,13,15,28H,2-4,11-12,14H2,1H3/b10-7+. The predicted molar refractivity (Wildman–Crippen MR) is 117 cm³/mol. The fraction of sp³-hybridized carbons (Fsp3) is 0.304. The molecular formula is C23H24BrNO4. The number of phenols is 1. The third-order valence-corrected chi connectivity index (χ3v) is 5.65. The topological polar surface area (TPSA) is 66.8 Å². The molecule has 2 aromatic carbocycles. The van der Waals surface area contributed by atoms with Gasteiger partial charge in [0.2, 0.25) is 0 Å². The van der Waals surface area contributed by atoms with E-state index in [2.05, 4.69) is 20.8 Å². The van der Waals surface area contributed by atoms with Crippen molar-refractivity contribution in [1.29, 1.82) is 0 Å². The van der Waals surface area contributed by atoms with Gasteiger partial charge in [-0.15, -0.1) is 0 Å². The molecule has 0 unspecified atom stereocenters. The molecule has 5 nitrogen and oxygen atoms in total. The van der Waals surface area contributed by atoms with Crippen molar-refractivity contribution < 1.29 is 19.4 Å². The predicted octanol–water partition coefficient (Wildman–Crippen LogP) is 4.86. The minimum Gasteiger partial charge on any atom is -0.507 e. The third kappa shape index (κ3) is 5.14. The van der Waals surface area contributed by atoms with Gasteiger partial charge in [-0.3, -0.25) is 14.5 Å². The Bertz CT molecular complexity index is 915. The molecule has 0 bridgehead atoms. The molecule has 152 valence electrons. The van der Waals surface area contributed by atoms with Crippen LogP contribution in [0.2, 0.25) is 0 Å². The molecule has 1 heterocycles. The summed E-state index contributed by atoms with van der Waals surface area (Å²) in [5, 5.41) is 10.9. The lowest BCUT2D eigenvalue weighted by atomic mass is 9.97. The first kappa shape index (κ1) is 21.3. The van der Waals surface area contributed by atoms with E-state index in [1.54, 1.807) is 6.08 Å². The second-order valence-electron chi connectivity index (χ2n) is 7.07. The van der Waals surface area contributed by atoms with Crippen molar-refractivity contribution in [2.45, 2.75) is 25.8 Å². The Balaban J connectivity index is 1.95. The smallest absolute Gasteiger partial charge is 0.193 e. The van der Waals surface area contributed by atoms with E-state index in [1.807, 2.05) is 24.3 Å². The molecule has 0 radical (unpaired) electrons. The van der Waals surface area contributed by atoms with Crippen LogP contribution in [-0.2, 0) is 6.54 Å². The monoisotopic (exact) mass is 457 g/mol. The number of phenolic OH excluding ortho intramolecular Hbond substituents is 1. The van der Waals surface area contributed by atoms with Crippen LogP contribution < -0.4 is 4.74 Å². The van der Waals surface area contributed by atoms with E-state index in [1.165, 1.54) is 25.7 Å². The Morgan fingerprint density at radius 3 is 2.52 bits per heavy atom. The van der Waals surface area contributed by atoms with Crippen LogP contribution in [0.3, 0.4) is 0 Å². The van der Waals surface area contributed by atoms with Gasteiger partial charge in [-0.2, -0.15) is 0 Å². The van der Waals surface area contributed by atoms with E-state index in [0.717, 1.165) is 36.0 Å². The summed E-state index contributed by atoms with van der Waals surface area (Å²) >= 11 is 3.38. The van der Waals surface area contributed by atoms with Crippen molar-refractivity contribution in [2.75, 3.05) is 20.2 Å². The van der Waals surface area contributed by atoms with Gasteiger partial charge in [0.1, 0.15) is 17.1 Å². The average Bonchev–Trinajstić information content (AvgIpc) is 2.75. The quantitative estimate of drug-likeness (QED) is 0.365. The largest absolute Gasteiger partial charge is 0.507 e. The molecule has 3 rings (SSSR count). The molecule has 1 fully saturated rings.